The van der Waals surface area contributed by atoms with Crippen LogP contribution in [-0.4, -0.2) is 52.0 Å². The van der Waals surface area contributed by atoms with Crippen LogP contribution in [0.3, 0.4) is 0 Å². The third kappa shape index (κ3) is 4.03. The molecule has 4 rings (SSSR count). The topological polar surface area (TPSA) is 85.2 Å². The van der Waals surface area contributed by atoms with Crippen LogP contribution in [0.25, 0.3) is 11.5 Å². The zero-order chi connectivity index (χ0) is 22.2. The third-order valence-corrected chi connectivity index (χ3v) is 5.01. The van der Waals surface area contributed by atoms with Crippen LogP contribution >= 0.6 is 0 Å². The first-order valence-electron chi connectivity index (χ1n) is 9.47. The lowest BCUT2D eigenvalue weighted by Crippen LogP contribution is -2.30. The first-order valence-corrected chi connectivity index (χ1v) is 9.47. The van der Waals surface area contributed by atoms with Gasteiger partial charge in [-0.2, -0.15) is 13.2 Å². The maximum atomic E-state index is 13.1. The number of carbonyl (C=O) groups excluding carboxylic acids is 1. The van der Waals surface area contributed by atoms with Crippen LogP contribution in [-0.2, 0) is 0 Å². The first-order chi connectivity index (χ1) is 14.8. The van der Waals surface area contributed by atoms with Crippen molar-refractivity contribution in [1.82, 2.24) is 19.7 Å². The summed E-state index contributed by atoms with van der Waals surface area (Å²) >= 11 is 0. The lowest BCUT2D eigenvalue weighted by Gasteiger charge is -2.28. The molecule has 3 aromatic rings. The highest BCUT2D eigenvalue weighted by Crippen LogP contribution is 2.35. The predicted molar refractivity (Wildman–Crippen MR) is 107 cm³/mol. The van der Waals surface area contributed by atoms with Crippen LogP contribution in [0.4, 0.5) is 24.7 Å². The first kappa shape index (κ1) is 20.6. The second-order valence-corrected chi connectivity index (χ2v) is 7.07. The third-order valence-electron chi connectivity index (χ3n) is 5.01. The maximum absolute atomic E-state index is 13.1. The summed E-state index contributed by atoms with van der Waals surface area (Å²) in [4.78, 5) is 19.1. The molecule has 1 N–H and O–H groups in total. The Kier molecular flexibility index (Phi) is 5.25. The van der Waals surface area contributed by atoms with Gasteiger partial charge >= 0.3 is 6.18 Å². The Hall–Kier alpha value is -3.63. The van der Waals surface area contributed by atoms with Crippen molar-refractivity contribution in [2.24, 2.45) is 0 Å². The predicted octanol–water partition coefficient (Wildman–Crippen LogP) is 3.54. The molecule has 11 heteroatoms. The number of anilines is 2. The van der Waals surface area contributed by atoms with Crippen molar-refractivity contribution in [1.29, 1.82) is 0 Å². The Bertz CT molecular complexity index is 1110. The van der Waals surface area contributed by atoms with E-state index in [4.69, 9.17) is 4.74 Å². The Morgan fingerprint density at radius 3 is 2.77 bits per heavy atom. The molecule has 1 amide bonds. The Morgan fingerprint density at radius 2 is 2.00 bits per heavy atom. The van der Waals surface area contributed by atoms with Crippen LogP contribution < -0.4 is 15.0 Å². The van der Waals surface area contributed by atoms with Gasteiger partial charge in [0.15, 0.2) is 11.6 Å². The van der Waals surface area contributed by atoms with Gasteiger partial charge in [0.25, 0.3) is 5.91 Å². The maximum Gasteiger partial charge on any atom is 0.408 e. The Balaban J connectivity index is 1.61. The fourth-order valence-corrected chi connectivity index (χ4v) is 3.24. The number of hydrogen-bond acceptors (Lipinski definition) is 6. The van der Waals surface area contributed by atoms with E-state index in [-0.39, 0.29) is 17.3 Å². The normalized spacial score (nSPS) is 14.5. The van der Waals surface area contributed by atoms with Gasteiger partial charge in [-0.25, -0.2) is 4.98 Å². The number of aromatic nitrogens is 4. The van der Waals surface area contributed by atoms with Gasteiger partial charge in [0.2, 0.25) is 0 Å². The van der Waals surface area contributed by atoms with E-state index < -0.39 is 18.1 Å². The molecule has 1 aliphatic rings. The largest absolute Gasteiger partial charge is 0.489 e. The zero-order valence-corrected chi connectivity index (χ0v) is 16.7. The van der Waals surface area contributed by atoms with E-state index in [9.17, 15) is 18.0 Å². The number of hydrogen-bond donors (Lipinski definition) is 1. The summed E-state index contributed by atoms with van der Waals surface area (Å²) in [5, 5.41) is 10.0. The number of carbonyl (C=O) groups is 1. The molecular formula is C20H19F3N6O2. The van der Waals surface area contributed by atoms with Crippen LogP contribution in [0, 0.1) is 0 Å². The van der Waals surface area contributed by atoms with Gasteiger partial charge in [-0.1, -0.05) is 12.1 Å². The van der Waals surface area contributed by atoms with Crippen LogP contribution in [0.5, 0.6) is 5.75 Å². The van der Waals surface area contributed by atoms with Crippen LogP contribution in [0.15, 0.2) is 42.7 Å². The number of likely N-dealkylation sites (N-methyl/N-ethyl adjacent to an activating group) is 1. The number of pyridine rings is 1. The number of fused-ring (bicyclic) bond motifs is 1. The minimum atomic E-state index is -4.47. The molecule has 0 saturated heterocycles. The molecule has 0 aliphatic carbocycles. The molecule has 3 heterocycles. The van der Waals surface area contributed by atoms with Gasteiger partial charge in [-0.15, -0.1) is 10.2 Å². The highest BCUT2D eigenvalue weighted by Gasteiger charge is 2.38. The lowest BCUT2D eigenvalue weighted by molar-refractivity contribution is -0.162. The monoisotopic (exact) mass is 432 g/mol. The van der Waals surface area contributed by atoms with E-state index in [1.807, 2.05) is 18.0 Å². The van der Waals surface area contributed by atoms with Crippen molar-refractivity contribution in [2.45, 2.75) is 19.1 Å². The quantitative estimate of drug-likeness (QED) is 0.679. The number of halogens is 3. The van der Waals surface area contributed by atoms with Gasteiger partial charge in [0, 0.05) is 7.05 Å². The molecule has 0 bridgehead atoms. The lowest BCUT2D eigenvalue weighted by atomic mass is 10.1. The summed E-state index contributed by atoms with van der Waals surface area (Å²) < 4.78 is 46.0. The van der Waals surface area contributed by atoms with Crippen LogP contribution in [0.1, 0.15) is 23.3 Å². The number of nitrogens with zero attached hydrogens (tertiary/aromatic N) is 5. The molecule has 31 heavy (non-hydrogen) atoms. The molecule has 2 aromatic heterocycles. The highest BCUT2D eigenvalue weighted by molar-refractivity contribution is 6.07. The average molecular weight is 432 g/mol. The molecule has 0 saturated carbocycles. The molecule has 1 aliphatic heterocycles. The molecule has 1 atom stereocenters. The Morgan fingerprint density at radius 1 is 1.23 bits per heavy atom. The molecule has 1 aromatic carbocycles. The molecule has 8 nitrogen and oxygen atoms in total. The van der Waals surface area contributed by atoms with Crippen molar-refractivity contribution in [3.63, 3.8) is 0 Å². The number of ether oxygens (including phenoxy) is 1. The zero-order valence-electron chi connectivity index (χ0n) is 16.7. The Labute approximate surface area is 175 Å². The average Bonchev–Trinajstić information content (AvgIpc) is 3.22. The van der Waals surface area contributed by atoms with Gasteiger partial charge < -0.3 is 19.5 Å². The molecular weight excluding hydrogens is 413 g/mol. The second-order valence-electron chi connectivity index (χ2n) is 7.07. The van der Waals surface area contributed by atoms with Gasteiger partial charge in [-0.3, -0.25) is 4.79 Å². The molecule has 0 radical (unpaired) electrons. The van der Waals surface area contributed by atoms with Gasteiger partial charge in [0.05, 0.1) is 17.8 Å². The summed E-state index contributed by atoms with van der Waals surface area (Å²) in [7, 11) is 1.91. The summed E-state index contributed by atoms with van der Waals surface area (Å²) in [6.07, 6.45) is -3.47. The minimum absolute atomic E-state index is 0.0528. The SMILES string of the molecule is C[C@H](n1cnnc1-c1cccc(NC(=O)c2cccc3c2OCCN3C)n1)C(F)(F)F. The summed E-state index contributed by atoms with van der Waals surface area (Å²) in [5.41, 5.74) is 1.29. The van der Waals surface area contributed by atoms with Crippen molar-refractivity contribution >= 4 is 17.4 Å². The van der Waals surface area contributed by atoms with Crippen molar-refractivity contribution in [3.8, 4) is 17.3 Å². The number of benzene rings is 1. The molecule has 0 fully saturated rings. The summed E-state index contributed by atoms with van der Waals surface area (Å²) in [6.45, 7) is 2.17. The van der Waals surface area contributed by atoms with E-state index in [2.05, 4.69) is 20.5 Å². The van der Waals surface area contributed by atoms with E-state index in [1.54, 1.807) is 18.2 Å². The molecule has 0 spiro atoms. The van der Waals surface area contributed by atoms with Crippen LogP contribution in [0.2, 0.25) is 0 Å². The summed E-state index contributed by atoms with van der Waals surface area (Å²) in [5.74, 6) is 0.145. The van der Waals surface area contributed by atoms with Crippen molar-refractivity contribution < 1.29 is 22.7 Å². The highest BCUT2D eigenvalue weighted by atomic mass is 19.4. The minimum Gasteiger partial charge on any atom is -0.489 e. The fraction of sp³-hybridized carbons (Fsp3) is 0.300. The van der Waals surface area contributed by atoms with E-state index in [0.29, 0.717) is 24.5 Å². The smallest absolute Gasteiger partial charge is 0.408 e. The number of nitrogens with one attached hydrogen (secondary N) is 1. The number of alkyl halides is 3. The van der Waals surface area contributed by atoms with E-state index in [1.165, 1.54) is 12.1 Å². The standard InChI is InChI=1S/C20H19F3N6O2/c1-12(20(21,22)23)29-11-24-27-18(29)14-6-4-8-16(25-14)26-19(30)13-5-3-7-15-17(13)31-10-9-28(15)2/h3-8,11-12H,9-10H2,1-2H3,(H,25,26,30)/t12-/m0/s1. The van der Waals surface area contributed by atoms with E-state index in [0.717, 1.165) is 23.5 Å². The van der Waals surface area contributed by atoms with Gasteiger partial charge in [0.1, 0.15) is 30.5 Å². The molecule has 162 valence electrons. The van der Waals surface area contributed by atoms with Gasteiger partial charge in [-0.05, 0) is 31.2 Å². The summed E-state index contributed by atoms with van der Waals surface area (Å²) in [6, 6.07) is 8.03. The number of amides is 1. The van der Waals surface area contributed by atoms with Crippen molar-refractivity contribution in [3.05, 3.63) is 48.3 Å². The second kappa shape index (κ2) is 7.89. The fourth-order valence-electron chi connectivity index (χ4n) is 3.24. The number of rotatable bonds is 4. The number of para-hydroxylation sites is 1. The van der Waals surface area contributed by atoms with E-state index >= 15 is 0 Å². The molecule has 0 unspecified atom stereocenters. The van der Waals surface area contributed by atoms with Crippen molar-refractivity contribution in [2.75, 3.05) is 30.4 Å².